The van der Waals surface area contributed by atoms with Gasteiger partial charge in [0.1, 0.15) is 0 Å². The van der Waals surface area contributed by atoms with Gasteiger partial charge < -0.3 is 4.90 Å². The summed E-state index contributed by atoms with van der Waals surface area (Å²) >= 11 is 8.62. The third kappa shape index (κ3) is 16.2. The average molecular weight is 465 g/mol. The van der Waals surface area contributed by atoms with Crippen LogP contribution in [0.3, 0.4) is 0 Å². The van der Waals surface area contributed by atoms with Crippen LogP contribution in [0.2, 0.25) is 0 Å². The first-order chi connectivity index (χ1) is 14.2. The van der Waals surface area contributed by atoms with E-state index in [0.717, 1.165) is 19.0 Å². The maximum absolute atomic E-state index is 4.45. The molecule has 0 N–H and O–H groups in total. The van der Waals surface area contributed by atoms with E-state index in [1.807, 2.05) is 0 Å². The van der Waals surface area contributed by atoms with Gasteiger partial charge in [-0.2, -0.15) is 15.0 Å². The standard InChI is InChI=1S/C23H44N4S2.Na.H/c1-3-5-7-9-11-13-15-17-19-27(21-24-22(28)26-23(29)25-21)20-18-16-14-12-10-8-6-4-2;;/h3-20H2,1-2H3,(H2,24,25,26,28,29);;. The van der Waals surface area contributed by atoms with E-state index in [1.165, 1.54) is 103 Å². The average Bonchev–Trinajstić information content (AvgIpc) is 2.69. The van der Waals surface area contributed by atoms with E-state index >= 15 is 0 Å². The number of nitrogens with zero attached hydrogens (tertiary/aromatic N) is 4. The number of rotatable bonds is 19. The van der Waals surface area contributed by atoms with Crippen LogP contribution in [-0.2, 0) is 0 Å². The van der Waals surface area contributed by atoms with Gasteiger partial charge in [-0.1, -0.05) is 104 Å². The summed E-state index contributed by atoms with van der Waals surface area (Å²) in [6.45, 7) is 6.56. The second-order valence-corrected chi connectivity index (χ2v) is 8.97. The van der Waals surface area contributed by atoms with Gasteiger partial charge in [-0.15, -0.1) is 25.3 Å². The van der Waals surface area contributed by atoms with Crippen molar-refractivity contribution in [3.05, 3.63) is 0 Å². The molecule has 0 unspecified atom stereocenters. The number of anilines is 1. The summed E-state index contributed by atoms with van der Waals surface area (Å²) in [7, 11) is 0. The van der Waals surface area contributed by atoms with Crippen molar-refractivity contribution in [3.63, 3.8) is 0 Å². The van der Waals surface area contributed by atoms with Gasteiger partial charge in [0.15, 0.2) is 10.3 Å². The van der Waals surface area contributed by atoms with Crippen molar-refractivity contribution in [2.75, 3.05) is 18.0 Å². The molecule has 7 heteroatoms. The van der Waals surface area contributed by atoms with Crippen LogP contribution < -0.4 is 4.90 Å². The summed E-state index contributed by atoms with van der Waals surface area (Å²) in [5, 5.41) is 0.911. The Hall–Kier alpha value is 0.510. The number of aromatic nitrogens is 3. The molecule has 0 atom stereocenters. The van der Waals surface area contributed by atoms with Gasteiger partial charge in [0.2, 0.25) is 5.95 Å². The zero-order valence-electron chi connectivity index (χ0n) is 18.9. The van der Waals surface area contributed by atoms with Crippen LogP contribution in [0.25, 0.3) is 0 Å². The van der Waals surface area contributed by atoms with E-state index in [1.54, 1.807) is 0 Å². The molecule has 0 fully saturated rings. The van der Waals surface area contributed by atoms with Crippen LogP contribution in [0.15, 0.2) is 10.3 Å². The normalized spacial score (nSPS) is 10.8. The van der Waals surface area contributed by atoms with Crippen molar-refractivity contribution in [1.82, 2.24) is 15.0 Å². The molecule has 0 aromatic carbocycles. The second kappa shape index (κ2) is 21.4. The van der Waals surface area contributed by atoms with E-state index in [4.69, 9.17) is 0 Å². The molecule has 0 saturated carbocycles. The van der Waals surface area contributed by atoms with Crippen LogP contribution in [0, 0.1) is 0 Å². The molecule has 1 aromatic heterocycles. The summed E-state index contributed by atoms with van der Waals surface area (Å²) in [6, 6.07) is 0. The van der Waals surface area contributed by atoms with E-state index in [0.29, 0.717) is 10.3 Å². The van der Waals surface area contributed by atoms with Gasteiger partial charge in [0, 0.05) is 13.1 Å². The SMILES string of the molecule is CCCCCCCCCCN(CCCCCCCCCC)c1nc(S)nc(S)n1.[NaH]. The second-order valence-electron chi connectivity index (χ2n) is 8.17. The summed E-state index contributed by atoms with van der Waals surface area (Å²) in [5.41, 5.74) is 0. The predicted octanol–water partition coefficient (Wildman–Crippen LogP) is 6.89. The summed E-state index contributed by atoms with van der Waals surface area (Å²) in [4.78, 5) is 15.3. The van der Waals surface area contributed by atoms with Crippen LogP contribution in [0.4, 0.5) is 5.95 Å². The number of thiol groups is 2. The van der Waals surface area contributed by atoms with Crippen LogP contribution in [0.1, 0.15) is 117 Å². The molecule has 0 bridgehead atoms. The van der Waals surface area contributed by atoms with Crippen molar-refractivity contribution in [2.24, 2.45) is 0 Å². The van der Waals surface area contributed by atoms with Gasteiger partial charge in [-0.3, -0.25) is 0 Å². The van der Waals surface area contributed by atoms with Crippen LogP contribution >= 0.6 is 25.3 Å². The summed E-state index contributed by atoms with van der Waals surface area (Å²) in [6.07, 6.45) is 21.3. The Bertz CT molecular complexity index is 480. The Kier molecular flexibility index (Phi) is 21.7. The van der Waals surface area contributed by atoms with Gasteiger partial charge >= 0.3 is 29.6 Å². The third-order valence-corrected chi connectivity index (χ3v) is 5.85. The van der Waals surface area contributed by atoms with Gasteiger partial charge in [0.25, 0.3) is 0 Å². The van der Waals surface area contributed by atoms with Crippen molar-refractivity contribution in [3.8, 4) is 0 Å². The molecule has 0 aliphatic carbocycles. The number of unbranched alkanes of at least 4 members (excludes halogenated alkanes) is 14. The van der Waals surface area contributed by atoms with Crippen LogP contribution in [0.5, 0.6) is 0 Å². The molecule has 0 saturated heterocycles. The van der Waals surface area contributed by atoms with Crippen LogP contribution in [-0.4, -0.2) is 57.6 Å². The zero-order valence-corrected chi connectivity index (χ0v) is 20.7. The molecule has 30 heavy (non-hydrogen) atoms. The maximum atomic E-state index is 4.45. The molecule has 1 rings (SSSR count). The molecule has 0 aliphatic heterocycles. The Morgan fingerprint density at radius 2 is 0.867 bits per heavy atom. The fourth-order valence-electron chi connectivity index (χ4n) is 3.67. The Morgan fingerprint density at radius 3 is 1.23 bits per heavy atom. The quantitative estimate of drug-likeness (QED) is 0.133. The topological polar surface area (TPSA) is 41.9 Å². The van der Waals surface area contributed by atoms with E-state index in [9.17, 15) is 0 Å². The van der Waals surface area contributed by atoms with Gasteiger partial charge in [-0.25, -0.2) is 0 Å². The van der Waals surface area contributed by atoms with Crippen molar-refractivity contribution < 1.29 is 0 Å². The molecule has 0 amide bonds. The minimum absolute atomic E-state index is 0. The molecule has 0 radical (unpaired) electrons. The summed E-state index contributed by atoms with van der Waals surface area (Å²) < 4.78 is 0. The van der Waals surface area contributed by atoms with E-state index < -0.39 is 0 Å². The predicted molar refractivity (Wildman–Crippen MR) is 139 cm³/mol. The van der Waals surface area contributed by atoms with E-state index in [-0.39, 0.29) is 29.6 Å². The Balaban J connectivity index is 0.00000841. The van der Waals surface area contributed by atoms with Crippen molar-refractivity contribution >= 4 is 60.8 Å². The first kappa shape index (κ1) is 30.5. The molecule has 1 heterocycles. The zero-order chi connectivity index (χ0) is 21.2. The monoisotopic (exact) mass is 464 g/mol. The Labute approximate surface area is 219 Å². The molecule has 0 spiro atoms. The summed E-state index contributed by atoms with van der Waals surface area (Å²) in [5.74, 6) is 0.737. The first-order valence-electron chi connectivity index (χ1n) is 12.1. The molecule has 170 valence electrons. The fourth-order valence-corrected chi connectivity index (χ4v) is 4.12. The Morgan fingerprint density at radius 1 is 0.533 bits per heavy atom. The third-order valence-electron chi connectivity index (χ3n) is 5.45. The van der Waals surface area contributed by atoms with Gasteiger partial charge in [-0.05, 0) is 12.8 Å². The molecular formula is C23H45N4NaS2. The number of hydrogen-bond donors (Lipinski definition) is 2. The first-order valence-corrected chi connectivity index (χ1v) is 13.0. The molecule has 4 nitrogen and oxygen atoms in total. The number of hydrogen-bond acceptors (Lipinski definition) is 6. The molecule has 0 aliphatic rings. The fraction of sp³-hybridized carbons (Fsp3) is 0.870. The van der Waals surface area contributed by atoms with Crippen molar-refractivity contribution in [2.45, 2.75) is 127 Å². The minimum atomic E-state index is 0. The molecule has 1 aromatic rings. The van der Waals surface area contributed by atoms with Crippen molar-refractivity contribution in [1.29, 1.82) is 0 Å². The van der Waals surface area contributed by atoms with Gasteiger partial charge in [0.05, 0.1) is 0 Å². The van der Waals surface area contributed by atoms with E-state index in [2.05, 4.69) is 59.0 Å². The molecular weight excluding hydrogens is 419 g/mol.